The lowest BCUT2D eigenvalue weighted by Gasteiger charge is -2.36. The largest absolute Gasteiger partial charge is 0.348 e. The molecule has 0 aromatic rings. The number of nitrogens with zero attached hydrogens (tertiary/aromatic N) is 1. The molecule has 0 radical (unpaired) electrons. The van der Waals surface area contributed by atoms with E-state index in [0.717, 1.165) is 51.6 Å². The summed E-state index contributed by atoms with van der Waals surface area (Å²) in [5.74, 6) is -0.327. The van der Waals surface area contributed by atoms with Gasteiger partial charge in [0.1, 0.15) is 0 Å². The highest BCUT2D eigenvalue weighted by atomic mass is 16.7. The number of carbonyl (C=O) groups excluding carboxylic acids is 1. The van der Waals surface area contributed by atoms with Crippen LogP contribution in [-0.2, 0) is 9.47 Å². The predicted molar refractivity (Wildman–Crippen MR) is 70.8 cm³/mol. The Kier molecular flexibility index (Phi) is 3.93. The first-order valence-corrected chi connectivity index (χ1v) is 7.61. The highest BCUT2D eigenvalue weighted by Gasteiger charge is 2.40. The van der Waals surface area contributed by atoms with Crippen LogP contribution in [0.25, 0.3) is 0 Å². The normalized spacial score (nSPS) is 27.7. The van der Waals surface area contributed by atoms with Gasteiger partial charge in [-0.1, -0.05) is 0 Å². The van der Waals surface area contributed by atoms with Crippen LogP contribution in [0.15, 0.2) is 0 Å². The molecular weight excluding hydrogens is 244 g/mol. The van der Waals surface area contributed by atoms with Crippen molar-refractivity contribution >= 4 is 6.03 Å². The third-order valence-electron chi connectivity index (χ3n) is 4.53. The van der Waals surface area contributed by atoms with Gasteiger partial charge in [-0.15, -0.1) is 0 Å². The van der Waals surface area contributed by atoms with Crippen LogP contribution in [0, 0.1) is 0 Å². The minimum atomic E-state index is -0.327. The molecule has 108 valence electrons. The summed E-state index contributed by atoms with van der Waals surface area (Å²) in [6, 6.07) is 0.404. The van der Waals surface area contributed by atoms with E-state index in [1.54, 1.807) is 0 Å². The maximum atomic E-state index is 12.1. The minimum absolute atomic E-state index is 0.119. The number of nitrogens with one attached hydrogen (secondary N) is 1. The van der Waals surface area contributed by atoms with Crippen LogP contribution in [-0.4, -0.2) is 49.1 Å². The van der Waals surface area contributed by atoms with Crippen LogP contribution in [0.1, 0.15) is 44.9 Å². The molecule has 5 nitrogen and oxygen atoms in total. The summed E-state index contributed by atoms with van der Waals surface area (Å²) in [5, 5.41) is 3.17. The van der Waals surface area contributed by atoms with Gasteiger partial charge in [0.15, 0.2) is 5.79 Å². The summed E-state index contributed by atoms with van der Waals surface area (Å²) >= 11 is 0. The van der Waals surface area contributed by atoms with Gasteiger partial charge in [0.25, 0.3) is 0 Å². The number of hydrogen-bond acceptors (Lipinski definition) is 3. The standard InChI is InChI=1S/C14H24N2O3/c17-13(16-8-2-1-3-9-16)15-12-4-6-14(7-5-12)18-10-11-19-14/h12H,1-11H2,(H,15,17). The Morgan fingerprint density at radius 1 is 1.05 bits per heavy atom. The molecule has 3 fully saturated rings. The fourth-order valence-corrected chi connectivity index (χ4v) is 3.35. The van der Waals surface area contributed by atoms with Crippen molar-refractivity contribution in [3.8, 4) is 0 Å². The van der Waals surface area contributed by atoms with E-state index in [9.17, 15) is 4.79 Å². The van der Waals surface area contributed by atoms with E-state index in [1.165, 1.54) is 6.42 Å². The van der Waals surface area contributed by atoms with Crippen molar-refractivity contribution in [2.75, 3.05) is 26.3 Å². The Labute approximate surface area is 114 Å². The number of carbonyl (C=O) groups is 1. The first-order chi connectivity index (χ1) is 9.27. The van der Waals surface area contributed by atoms with Crippen molar-refractivity contribution in [3.63, 3.8) is 0 Å². The Morgan fingerprint density at radius 2 is 1.68 bits per heavy atom. The average molecular weight is 268 g/mol. The van der Waals surface area contributed by atoms with Gasteiger partial charge in [-0.2, -0.15) is 0 Å². The summed E-state index contributed by atoms with van der Waals surface area (Å²) in [5.41, 5.74) is 0. The van der Waals surface area contributed by atoms with Crippen molar-refractivity contribution in [2.45, 2.75) is 56.8 Å². The lowest BCUT2D eigenvalue weighted by molar-refractivity contribution is -0.179. The first kappa shape index (κ1) is 13.2. The lowest BCUT2D eigenvalue weighted by Crippen LogP contribution is -2.49. The first-order valence-electron chi connectivity index (χ1n) is 7.61. The maximum Gasteiger partial charge on any atom is 0.317 e. The van der Waals surface area contributed by atoms with E-state index in [1.807, 2.05) is 4.90 Å². The molecule has 0 aromatic heterocycles. The number of hydrogen-bond donors (Lipinski definition) is 1. The minimum Gasteiger partial charge on any atom is -0.348 e. The summed E-state index contributed by atoms with van der Waals surface area (Å²) in [6.45, 7) is 3.25. The zero-order valence-electron chi connectivity index (χ0n) is 11.5. The van der Waals surface area contributed by atoms with Crippen LogP contribution in [0.3, 0.4) is 0 Å². The van der Waals surface area contributed by atoms with Gasteiger partial charge in [-0.25, -0.2) is 4.79 Å². The number of amides is 2. The van der Waals surface area contributed by atoms with Crippen LogP contribution >= 0.6 is 0 Å². The van der Waals surface area contributed by atoms with Crippen LogP contribution in [0.5, 0.6) is 0 Å². The summed E-state index contributed by atoms with van der Waals surface area (Å²) in [4.78, 5) is 14.1. The van der Waals surface area contributed by atoms with Crippen molar-refractivity contribution in [3.05, 3.63) is 0 Å². The fraction of sp³-hybridized carbons (Fsp3) is 0.929. The van der Waals surface area contributed by atoms with E-state index < -0.39 is 0 Å². The number of rotatable bonds is 1. The van der Waals surface area contributed by atoms with Gasteiger partial charge in [0, 0.05) is 32.0 Å². The molecule has 2 amide bonds. The molecule has 1 spiro atoms. The molecule has 2 saturated heterocycles. The summed E-state index contributed by atoms with van der Waals surface area (Å²) in [6.07, 6.45) is 7.26. The average Bonchev–Trinajstić information content (AvgIpc) is 2.91. The van der Waals surface area contributed by atoms with Gasteiger partial charge in [-0.3, -0.25) is 0 Å². The predicted octanol–water partition coefficient (Wildman–Crippen LogP) is 1.87. The second-order valence-corrected chi connectivity index (χ2v) is 5.88. The van der Waals surface area contributed by atoms with E-state index in [0.29, 0.717) is 13.2 Å². The van der Waals surface area contributed by atoms with Crippen LogP contribution in [0.4, 0.5) is 4.79 Å². The van der Waals surface area contributed by atoms with Gasteiger partial charge < -0.3 is 19.7 Å². The summed E-state index contributed by atoms with van der Waals surface area (Å²) in [7, 11) is 0. The van der Waals surface area contributed by atoms with Crippen LogP contribution < -0.4 is 5.32 Å². The molecule has 0 bridgehead atoms. The monoisotopic (exact) mass is 268 g/mol. The lowest BCUT2D eigenvalue weighted by atomic mass is 9.90. The van der Waals surface area contributed by atoms with Gasteiger partial charge in [-0.05, 0) is 32.1 Å². The third kappa shape index (κ3) is 3.03. The Balaban J connectivity index is 1.45. The van der Waals surface area contributed by atoms with E-state index in [4.69, 9.17) is 9.47 Å². The molecule has 3 aliphatic rings. The summed E-state index contributed by atoms with van der Waals surface area (Å²) < 4.78 is 11.4. The number of likely N-dealkylation sites (tertiary alicyclic amines) is 1. The van der Waals surface area contributed by atoms with Crippen LogP contribution in [0.2, 0.25) is 0 Å². The van der Waals surface area contributed by atoms with E-state index in [-0.39, 0.29) is 17.9 Å². The molecule has 19 heavy (non-hydrogen) atoms. The van der Waals surface area contributed by atoms with E-state index >= 15 is 0 Å². The number of ether oxygens (including phenoxy) is 2. The molecule has 0 atom stereocenters. The molecule has 1 saturated carbocycles. The Bertz CT molecular complexity index is 313. The molecule has 1 aliphatic carbocycles. The molecule has 2 heterocycles. The van der Waals surface area contributed by atoms with Crippen molar-refractivity contribution in [1.82, 2.24) is 10.2 Å². The van der Waals surface area contributed by atoms with Crippen molar-refractivity contribution in [1.29, 1.82) is 0 Å². The smallest absolute Gasteiger partial charge is 0.317 e. The Hall–Kier alpha value is -0.810. The molecule has 3 rings (SSSR count). The van der Waals surface area contributed by atoms with Gasteiger partial charge in [0.05, 0.1) is 13.2 Å². The quantitative estimate of drug-likeness (QED) is 0.790. The SMILES string of the molecule is O=C(NC1CCC2(CC1)OCCO2)N1CCCCC1. The molecule has 0 aromatic carbocycles. The molecular formula is C14H24N2O3. The molecule has 0 unspecified atom stereocenters. The topological polar surface area (TPSA) is 50.8 Å². The fourth-order valence-electron chi connectivity index (χ4n) is 3.35. The van der Waals surface area contributed by atoms with Crippen molar-refractivity contribution < 1.29 is 14.3 Å². The number of piperidine rings is 1. The second-order valence-electron chi connectivity index (χ2n) is 5.88. The maximum absolute atomic E-state index is 12.1. The molecule has 2 aliphatic heterocycles. The zero-order chi connectivity index (χ0) is 13.1. The zero-order valence-corrected chi connectivity index (χ0v) is 11.5. The van der Waals surface area contributed by atoms with E-state index in [2.05, 4.69) is 5.32 Å². The van der Waals surface area contributed by atoms with Crippen molar-refractivity contribution in [2.24, 2.45) is 0 Å². The second kappa shape index (κ2) is 5.67. The molecule has 5 heteroatoms. The van der Waals surface area contributed by atoms with Gasteiger partial charge in [0.2, 0.25) is 0 Å². The highest BCUT2D eigenvalue weighted by Crippen LogP contribution is 2.35. The van der Waals surface area contributed by atoms with Gasteiger partial charge >= 0.3 is 6.03 Å². The highest BCUT2D eigenvalue weighted by molar-refractivity contribution is 5.74. The Morgan fingerprint density at radius 3 is 2.32 bits per heavy atom. The number of urea groups is 1. The third-order valence-corrected chi connectivity index (χ3v) is 4.53. The molecule has 1 N–H and O–H groups in total.